The second kappa shape index (κ2) is 9.63. The van der Waals surface area contributed by atoms with Crippen LogP contribution in [0.15, 0.2) is 60.0 Å². The van der Waals surface area contributed by atoms with E-state index in [1.807, 2.05) is 0 Å². The molecule has 9 nitrogen and oxygen atoms in total. The lowest BCUT2D eigenvalue weighted by atomic mass is 10.1. The van der Waals surface area contributed by atoms with Crippen molar-refractivity contribution in [3.8, 4) is 0 Å². The van der Waals surface area contributed by atoms with Crippen LogP contribution in [-0.4, -0.2) is 29.3 Å². The van der Waals surface area contributed by atoms with Crippen LogP contribution < -0.4 is 10.6 Å². The Hall–Kier alpha value is -4.05. The molecule has 2 N–H and O–H groups in total. The van der Waals surface area contributed by atoms with E-state index in [0.717, 1.165) is 0 Å². The Morgan fingerprint density at radius 2 is 1.84 bits per heavy atom. The first-order valence-electron chi connectivity index (χ1n) is 9.01. The quantitative estimate of drug-likeness (QED) is 0.325. The van der Waals surface area contributed by atoms with Crippen LogP contribution >= 0.6 is 11.3 Å². The van der Waals surface area contributed by atoms with E-state index in [1.54, 1.807) is 29.6 Å². The summed E-state index contributed by atoms with van der Waals surface area (Å²) < 4.78 is 5.02. The SMILES string of the molecule is Cc1c(NC(=O)COC(=O)c2cccc(NC(=O)c3cccs3)c2)cccc1[N+](=O)[O-]. The lowest BCUT2D eigenvalue weighted by Crippen LogP contribution is -2.21. The molecule has 2 aromatic carbocycles. The van der Waals surface area contributed by atoms with Crippen LogP contribution in [0.4, 0.5) is 17.1 Å². The average molecular weight is 439 g/mol. The standard InChI is InChI=1S/C21H17N3O6S/c1-13-16(7-3-8-17(13)24(28)29)23-19(25)12-30-21(27)14-5-2-6-15(11-14)22-20(26)18-9-4-10-31-18/h2-11H,12H2,1H3,(H,22,26)(H,23,25). The summed E-state index contributed by atoms with van der Waals surface area (Å²) in [7, 11) is 0. The van der Waals surface area contributed by atoms with Gasteiger partial charge in [0.05, 0.1) is 26.6 Å². The number of thiophene rings is 1. The number of nitro groups is 1. The Bertz CT molecular complexity index is 1140. The van der Waals surface area contributed by atoms with Crippen molar-refractivity contribution in [2.45, 2.75) is 6.92 Å². The highest BCUT2D eigenvalue weighted by Crippen LogP contribution is 2.25. The van der Waals surface area contributed by atoms with Crippen LogP contribution in [0.25, 0.3) is 0 Å². The van der Waals surface area contributed by atoms with Crippen molar-refractivity contribution in [3.05, 3.63) is 86.1 Å². The predicted octanol–water partition coefficient (Wildman–Crippen LogP) is 4.01. The van der Waals surface area contributed by atoms with E-state index in [4.69, 9.17) is 4.74 Å². The summed E-state index contributed by atoms with van der Waals surface area (Å²) >= 11 is 1.29. The molecule has 10 heteroatoms. The number of carbonyl (C=O) groups is 3. The number of nitro benzene ring substituents is 1. The second-order valence-electron chi connectivity index (χ2n) is 6.34. The lowest BCUT2D eigenvalue weighted by Gasteiger charge is -2.10. The predicted molar refractivity (Wildman–Crippen MR) is 115 cm³/mol. The van der Waals surface area contributed by atoms with Crippen LogP contribution in [0.1, 0.15) is 25.6 Å². The van der Waals surface area contributed by atoms with Gasteiger partial charge in [0.25, 0.3) is 17.5 Å². The van der Waals surface area contributed by atoms with Crippen molar-refractivity contribution in [3.63, 3.8) is 0 Å². The summed E-state index contributed by atoms with van der Waals surface area (Å²) in [4.78, 5) is 47.5. The average Bonchev–Trinajstić information content (AvgIpc) is 3.28. The van der Waals surface area contributed by atoms with E-state index >= 15 is 0 Å². The van der Waals surface area contributed by atoms with Gasteiger partial charge in [-0.15, -0.1) is 11.3 Å². The molecule has 0 aliphatic heterocycles. The molecule has 0 saturated carbocycles. The maximum atomic E-state index is 12.3. The molecule has 0 atom stereocenters. The van der Waals surface area contributed by atoms with E-state index < -0.39 is 23.4 Å². The fraction of sp³-hybridized carbons (Fsp3) is 0.0952. The van der Waals surface area contributed by atoms with Gasteiger partial charge in [-0.1, -0.05) is 18.2 Å². The molecule has 0 spiro atoms. The number of carbonyl (C=O) groups excluding carboxylic acids is 3. The molecule has 0 aliphatic rings. The molecule has 2 amide bonds. The van der Waals surface area contributed by atoms with Crippen molar-refractivity contribution in [1.29, 1.82) is 0 Å². The largest absolute Gasteiger partial charge is 0.452 e. The molecule has 1 aromatic heterocycles. The van der Waals surface area contributed by atoms with Gasteiger partial charge in [0.2, 0.25) is 0 Å². The molecule has 0 unspecified atom stereocenters. The number of anilines is 2. The van der Waals surface area contributed by atoms with E-state index in [1.165, 1.54) is 48.6 Å². The monoisotopic (exact) mass is 439 g/mol. The van der Waals surface area contributed by atoms with Crippen LogP contribution in [-0.2, 0) is 9.53 Å². The lowest BCUT2D eigenvalue weighted by molar-refractivity contribution is -0.385. The van der Waals surface area contributed by atoms with Gasteiger partial charge >= 0.3 is 5.97 Å². The zero-order chi connectivity index (χ0) is 22.4. The van der Waals surface area contributed by atoms with Gasteiger partial charge in [-0.2, -0.15) is 0 Å². The molecule has 0 saturated heterocycles. The van der Waals surface area contributed by atoms with Crippen LogP contribution in [0.5, 0.6) is 0 Å². The van der Waals surface area contributed by atoms with Crippen molar-refractivity contribution >= 4 is 46.2 Å². The Morgan fingerprint density at radius 1 is 1.06 bits per heavy atom. The van der Waals surface area contributed by atoms with Gasteiger partial charge < -0.3 is 15.4 Å². The Morgan fingerprint density at radius 3 is 2.55 bits per heavy atom. The Kier molecular flexibility index (Phi) is 6.73. The van der Waals surface area contributed by atoms with Gasteiger partial charge in [-0.25, -0.2) is 4.79 Å². The van der Waals surface area contributed by atoms with Crippen LogP contribution in [0, 0.1) is 17.0 Å². The molecule has 0 bridgehead atoms. The summed E-state index contributed by atoms with van der Waals surface area (Å²) in [6.45, 7) is 0.933. The highest BCUT2D eigenvalue weighted by atomic mass is 32.1. The number of ether oxygens (including phenoxy) is 1. The molecule has 1 heterocycles. The molecular weight excluding hydrogens is 422 g/mol. The van der Waals surface area contributed by atoms with Crippen molar-refractivity contribution in [2.24, 2.45) is 0 Å². The summed E-state index contributed by atoms with van der Waals surface area (Å²) in [5, 5.41) is 17.9. The maximum Gasteiger partial charge on any atom is 0.338 e. The molecule has 0 aliphatic carbocycles. The normalized spacial score (nSPS) is 10.2. The van der Waals surface area contributed by atoms with Gasteiger partial charge in [-0.3, -0.25) is 19.7 Å². The number of nitrogens with one attached hydrogen (secondary N) is 2. The number of amides is 2. The first-order chi connectivity index (χ1) is 14.8. The minimum atomic E-state index is -0.752. The van der Waals surface area contributed by atoms with E-state index in [9.17, 15) is 24.5 Å². The Balaban J connectivity index is 1.58. The molecule has 31 heavy (non-hydrogen) atoms. The number of hydrogen-bond donors (Lipinski definition) is 2. The van der Waals surface area contributed by atoms with Crippen LogP contribution in [0.2, 0.25) is 0 Å². The molecule has 0 radical (unpaired) electrons. The molecule has 3 aromatic rings. The molecule has 158 valence electrons. The summed E-state index contributed by atoms with van der Waals surface area (Å²) in [5.74, 6) is -1.69. The minimum Gasteiger partial charge on any atom is -0.452 e. The summed E-state index contributed by atoms with van der Waals surface area (Å²) in [6.07, 6.45) is 0. The van der Waals surface area contributed by atoms with E-state index in [0.29, 0.717) is 16.1 Å². The van der Waals surface area contributed by atoms with E-state index in [-0.39, 0.29) is 22.8 Å². The topological polar surface area (TPSA) is 128 Å². The molecule has 3 rings (SSSR count). The third kappa shape index (κ3) is 5.52. The van der Waals surface area contributed by atoms with E-state index in [2.05, 4.69) is 10.6 Å². The zero-order valence-corrected chi connectivity index (χ0v) is 17.1. The van der Waals surface area contributed by atoms with Crippen LogP contribution in [0.3, 0.4) is 0 Å². The van der Waals surface area contributed by atoms with Crippen molar-refractivity contribution < 1.29 is 24.0 Å². The van der Waals surface area contributed by atoms with Crippen molar-refractivity contribution in [2.75, 3.05) is 17.2 Å². The summed E-state index contributed by atoms with van der Waals surface area (Å²) in [6, 6.07) is 13.9. The number of esters is 1. The minimum absolute atomic E-state index is 0.129. The third-order valence-corrected chi connectivity index (χ3v) is 5.08. The highest BCUT2D eigenvalue weighted by molar-refractivity contribution is 7.12. The molecular formula is C21H17N3O6S. The summed E-state index contributed by atoms with van der Waals surface area (Å²) in [5.41, 5.74) is 0.985. The highest BCUT2D eigenvalue weighted by Gasteiger charge is 2.16. The zero-order valence-electron chi connectivity index (χ0n) is 16.3. The first kappa shape index (κ1) is 21.7. The molecule has 0 fully saturated rings. The smallest absolute Gasteiger partial charge is 0.338 e. The van der Waals surface area contributed by atoms with Crippen molar-refractivity contribution in [1.82, 2.24) is 0 Å². The second-order valence-corrected chi connectivity index (χ2v) is 7.29. The fourth-order valence-electron chi connectivity index (χ4n) is 2.68. The first-order valence-corrected chi connectivity index (χ1v) is 9.89. The van der Waals surface area contributed by atoms with Gasteiger partial charge in [-0.05, 0) is 42.6 Å². The number of nitrogens with zero attached hydrogens (tertiary/aromatic N) is 1. The number of hydrogen-bond acceptors (Lipinski definition) is 7. The van der Waals surface area contributed by atoms with Gasteiger partial charge in [0.15, 0.2) is 6.61 Å². The van der Waals surface area contributed by atoms with Gasteiger partial charge in [0, 0.05) is 11.8 Å². The van der Waals surface area contributed by atoms with Gasteiger partial charge in [0.1, 0.15) is 0 Å². The number of rotatable bonds is 7. The Labute approximate surface area is 180 Å². The maximum absolute atomic E-state index is 12.3. The number of benzene rings is 2. The third-order valence-electron chi connectivity index (χ3n) is 4.21. The fourth-order valence-corrected chi connectivity index (χ4v) is 3.30.